The van der Waals surface area contributed by atoms with E-state index in [0.717, 1.165) is 65.7 Å². The number of H-pyrrole nitrogens is 1. The number of aliphatic hydroxyl groups is 1. The molecule has 1 aromatic heterocycles. The highest BCUT2D eigenvalue weighted by Crippen LogP contribution is 2.43. The van der Waals surface area contributed by atoms with Gasteiger partial charge in [-0.05, 0) is 79.8 Å². The molecule has 2 amide bonds. The van der Waals surface area contributed by atoms with Crippen LogP contribution in [-0.2, 0) is 19.4 Å². The minimum absolute atomic E-state index is 0.0300. The largest absolute Gasteiger partial charge is 0.396 e. The number of fused-ring (bicyclic) bond motifs is 2. The number of carbonyl (C=O) groups excluding carboxylic acids is 2. The summed E-state index contributed by atoms with van der Waals surface area (Å²) in [7, 11) is 0. The van der Waals surface area contributed by atoms with Gasteiger partial charge in [0.1, 0.15) is 0 Å². The Kier molecular flexibility index (Phi) is 5.48. The fourth-order valence-corrected chi connectivity index (χ4v) is 5.73. The Morgan fingerprint density at radius 1 is 1.22 bits per heavy atom. The number of rotatable bonds is 7. The summed E-state index contributed by atoms with van der Waals surface area (Å²) in [5, 5.41) is 20.3. The van der Waals surface area contributed by atoms with Crippen molar-refractivity contribution in [1.29, 1.82) is 0 Å². The van der Waals surface area contributed by atoms with Crippen LogP contribution in [0.1, 0.15) is 82.3 Å². The summed E-state index contributed by atoms with van der Waals surface area (Å²) in [5.41, 5.74) is 7.82. The van der Waals surface area contributed by atoms with E-state index in [2.05, 4.69) is 28.5 Å². The average molecular weight is 485 g/mol. The van der Waals surface area contributed by atoms with E-state index < -0.39 is 0 Å². The normalized spacial score (nSPS) is 21.4. The van der Waals surface area contributed by atoms with Crippen molar-refractivity contribution in [2.75, 3.05) is 6.61 Å². The second kappa shape index (κ2) is 8.59. The van der Waals surface area contributed by atoms with Crippen molar-refractivity contribution in [2.45, 2.75) is 64.6 Å². The molecule has 3 aromatic rings. The summed E-state index contributed by atoms with van der Waals surface area (Å²) in [6.45, 7) is 4.98. The molecule has 7 heteroatoms. The molecule has 6 rings (SSSR count). The monoisotopic (exact) mass is 484 g/mol. The van der Waals surface area contributed by atoms with Crippen molar-refractivity contribution in [3.05, 3.63) is 76.0 Å². The summed E-state index contributed by atoms with van der Waals surface area (Å²) < 4.78 is 0. The minimum Gasteiger partial charge on any atom is -0.396 e. The molecule has 2 aliphatic carbocycles. The van der Waals surface area contributed by atoms with Gasteiger partial charge in [-0.2, -0.15) is 5.10 Å². The maximum Gasteiger partial charge on any atom is 0.255 e. The van der Waals surface area contributed by atoms with Crippen molar-refractivity contribution >= 4 is 11.8 Å². The molecule has 1 saturated carbocycles. The van der Waals surface area contributed by atoms with Gasteiger partial charge in [-0.25, -0.2) is 0 Å². The van der Waals surface area contributed by atoms with E-state index in [1.807, 2.05) is 48.2 Å². The van der Waals surface area contributed by atoms with Crippen LogP contribution in [-0.4, -0.2) is 44.7 Å². The maximum absolute atomic E-state index is 13.3. The quantitative estimate of drug-likeness (QED) is 0.469. The van der Waals surface area contributed by atoms with Crippen LogP contribution in [0.25, 0.3) is 11.3 Å². The molecule has 0 spiro atoms. The van der Waals surface area contributed by atoms with Crippen LogP contribution < -0.4 is 5.32 Å². The summed E-state index contributed by atoms with van der Waals surface area (Å²) in [5.74, 6) is -0.00204. The van der Waals surface area contributed by atoms with Gasteiger partial charge in [-0.15, -0.1) is 0 Å². The Balaban J connectivity index is 1.20. The van der Waals surface area contributed by atoms with Crippen LogP contribution >= 0.6 is 0 Å². The molecule has 186 valence electrons. The van der Waals surface area contributed by atoms with Gasteiger partial charge in [0.2, 0.25) is 0 Å². The first-order chi connectivity index (χ1) is 17.3. The van der Waals surface area contributed by atoms with Crippen molar-refractivity contribution in [2.24, 2.45) is 5.41 Å². The first kappa shape index (κ1) is 23.0. The first-order valence-corrected chi connectivity index (χ1v) is 12.9. The fraction of sp³-hybridized carbons (Fsp3) is 0.414. The molecule has 36 heavy (non-hydrogen) atoms. The van der Waals surface area contributed by atoms with Gasteiger partial charge >= 0.3 is 0 Å². The van der Waals surface area contributed by atoms with Gasteiger partial charge in [0.25, 0.3) is 11.8 Å². The summed E-state index contributed by atoms with van der Waals surface area (Å²) in [6.07, 6.45) is 4.68. The SMILES string of the molecule is C[C@H](c1ccc(C(=O)NC2CC2)cc1)N1Cc2cc(-c3n[nH]c4c3CC(C)(CCO)C4)ccc2C1=O. The molecule has 2 aromatic carbocycles. The van der Waals surface area contributed by atoms with Crippen molar-refractivity contribution in [1.82, 2.24) is 20.4 Å². The van der Waals surface area contributed by atoms with E-state index in [9.17, 15) is 14.7 Å². The molecule has 2 heterocycles. The zero-order valence-corrected chi connectivity index (χ0v) is 20.8. The van der Waals surface area contributed by atoms with Crippen molar-refractivity contribution < 1.29 is 14.7 Å². The molecule has 0 radical (unpaired) electrons. The Morgan fingerprint density at radius 2 is 2.00 bits per heavy atom. The summed E-state index contributed by atoms with van der Waals surface area (Å²) in [6, 6.07) is 13.8. The number of nitrogens with zero attached hydrogens (tertiary/aromatic N) is 2. The Hall–Kier alpha value is -3.45. The topological polar surface area (TPSA) is 98.3 Å². The van der Waals surface area contributed by atoms with Crippen LogP contribution in [0.5, 0.6) is 0 Å². The van der Waals surface area contributed by atoms with Crippen LogP contribution in [0, 0.1) is 5.41 Å². The molecule has 0 saturated heterocycles. The first-order valence-electron chi connectivity index (χ1n) is 12.9. The number of aromatic amines is 1. The summed E-state index contributed by atoms with van der Waals surface area (Å²) in [4.78, 5) is 27.5. The number of amides is 2. The van der Waals surface area contributed by atoms with Crippen LogP contribution in [0.4, 0.5) is 0 Å². The lowest BCUT2D eigenvalue weighted by atomic mass is 9.84. The van der Waals surface area contributed by atoms with Gasteiger partial charge in [0.05, 0.1) is 11.7 Å². The third-order valence-corrected chi connectivity index (χ3v) is 8.12. The number of aliphatic hydroxyl groups excluding tert-OH is 1. The lowest BCUT2D eigenvalue weighted by molar-refractivity contribution is 0.0715. The van der Waals surface area contributed by atoms with Crippen LogP contribution in [0.3, 0.4) is 0 Å². The fourth-order valence-electron chi connectivity index (χ4n) is 5.73. The summed E-state index contributed by atoms with van der Waals surface area (Å²) >= 11 is 0. The average Bonchev–Trinajstić information content (AvgIpc) is 3.39. The third kappa shape index (κ3) is 4.01. The van der Waals surface area contributed by atoms with Crippen molar-refractivity contribution in [3.8, 4) is 11.3 Å². The predicted molar refractivity (Wildman–Crippen MR) is 136 cm³/mol. The predicted octanol–water partition coefficient (Wildman–Crippen LogP) is 4.17. The van der Waals surface area contributed by atoms with Gasteiger partial charge < -0.3 is 15.3 Å². The number of nitrogens with one attached hydrogen (secondary N) is 2. The van der Waals surface area contributed by atoms with Gasteiger partial charge in [-0.3, -0.25) is 14.7 Å². The maximum atomic E-state index is 13.3. The van der Waals surface area contributed by atoms with E-state index in [-0.39, 0.29) is 29.9 Å². The Labute approximate surface area is 210 Å². The minimum atomic E-state index is -0.109. The molecule has 0 bridgehead atoms. The molecular formula is C29H32N4O3. The van der Waals surface area contributed by atoms with Gasteiger partial charge in [0.15, 0.2) is 0 Å². The van der Waals surface area contributed by atoms with E-state index in [1.54, 1.807) is 0 Å². The molecule has 2 atom stereocenters. The third-order valence-electron chi connectivity index (χ3n) is 8.12. The molecule has 1 aliphatic heterocycles. The molecule has 1 fully saturated rings. The van der Waals surface area contributed by atoms with Crippen LogP contribution in [0.15, 0.2) is 42.5 Å². The molecule has 1 unspecified atom stereocenters. The number of carbonyl (C=O) groups is 2. The molecule has 3 N–H and O–H groups in total. The number of hydrogen-bond donors (Lipinski definition) is 3. The number of benzene rings is 2. The lowest BCUT2D eigenvalue weighted by Gasteiger charge is -2.24. The lowest BCUT2D eigenvalue weighted by Crippen LogP contribution is -2.27. The number of aromatic nitrogens is 2. The number of hydrogen-bond acceptors (Lipinski definition) is 4. The van der Waals surface area contributed by atoms with Crippen molar-refractivity contribution in [3.63, 3.8) is 0 Å². The van der Waals surface area contributed by atoms with Gasteiger partial charge in [0, 0.05) is 47.1 Å². The van der Waals surface area contributed by atoms with E-state index >= 15 is 0 Å². The zero-order valence-electron chi connectivity index (χ0n) is 20.8. The molecule has 3 aliphatic rings. The smallest absolute Gasteiger partial charge is 0.255 e. The Bertz CT molecular complexity index is 1340. The Morgan fingerprint density at radius 3 is 2.72 bits per heavy atom. The highest BCUT2D eigenvalue weighted by Gasteiger charge is 2.37. The molecular weight excluding hydrogens is 452 g/mol. The highest BCUT2D eigenvalue weighted by atomic mass is 16.3. The zero-order chi connectivity index (χ0) is 25.0. The standard InChI is InChI=1S/C29H32N4O3/c1-17(18-3-5-19(6-4-18)27(35)30-22-8-9-22)33-16-21-13-20(7-10-23(21)28(33)36)26-24-14-29(2,11-12-34)15-25(24)31-32-26/h3-7,10,13,17,22,34H,8-9,11-12,14-16H2,1-2H3,(H,30,35)(H,31,32)/t17-,29?/m1/s1. The van der Waals surface area contributed by atoms with E-state index in [1.165, 1.54) is 5.56 Å². The molecule has 7 nitrogen and oxygen atoms in total. The van der Waals surface area contributed by atoms with Gasteiger partial charge in [-0.1, -0.05) is 25.1 Å². The second-order valence-corrected chi connectivity index (χ2v) is 11.0. The van der Waals surface area contributed by atoms with E-state index in [4.69, 9.17) is 0 Å². The second-order valence-electron chi connectivity index (χ2n) is 11.0. The van der Waals surface area contributed by atoms with Crippen LogP contribution in [0.2, 0.25) is 0 Å². The van der Waals surface area contributed by atoms with E-state index in [0.29, 0.717) is 18.2 Å². The highest BCUT2D eigenvalue weighted by molar-refractivity contribution is 5.99.